The lowest BCUT2D eigenvalue weighted by atomic mass is 10.1. The first kappa shape index (κ1) is 20.3. The molecule has 0 aliphatic carbocycles. The summed E-state index contributed by atoms with van der Waals surface area (Å²) < 4.78 is 38.4. The van der Waals surface area contributed by atoms with Gasteiger partial charge in [0, 0.05) is 13.1 Å². The summed E-state index contributed by atoms with van der Waals surface area (Å²) in [5.41, 5.74) is 0.815. The first-order valence-corrected chi connectivity index (χ1v) is 10.6. The van der Waals surface area contributed by atoms with Gasteiger partial charge in [-0.05, 0) is 43.9 Å². The zero-order valence-electron chi connectivity index (χ0n) is 16.3. The fourth-order valence-electron chi connectivity index (χ4n) is 3.02. The molecule has 1 aromatic heterocycles. The van der Waals surface area contributed by atoms with Crippen molar-refractivity contribution in [3.05, 3.63) is 29.6 Å². The fourth-order valence-corrected chi connectivity index (χ4v) is 4.26. The molecule has 2 heterocycles. The summed E-state index contributed by atoms with van der Waals surface area (Å²) in [6.45, 7) is 3.46. The molecule has 10 heteroatoms. The van der Waals surface area contributed by atoms with Gasteiger partial charge in [-0.3, -0.25) is 0 Å². The Morgan fingerprint density at radius 2 is 1.82 bits per heavy atom. The molecule has 9 nitrogen and oxygen atoms in total. The van der Waals surface area contributed by atoms with E-state index in [1.165, 1.54) is 20.6 Å². The molecule has 1 aliphatic rings. The van der Waals surface area contributed by atoms with Crippen LogP contribution in [0, 0.1) is 6.92 Å². The van der Waals surface area contributed by atoms with Crippen LogP contribution in [0.1, 0.15) is 30.7 Å². The van der Waals surface area contributed by atoms with Gasteiger partial charge in [-0.2, -0.15) is 15.0 Å². The quantitative estimate of drug-likeness (QED) is 0.739. The minimum absolute atomic E-state index is 0.0762. The second-order valence-corrected chi connectivity index (χ2v) is 8.30. The highest BCUT2D eigenvalue weighted by molar-refractivity contribution is 7.89. The highest BCUT2D eigenvalue weighted by Gasteiger charge is 2.21. The third kappa shape index (κ3) is 4.68. The number of benzene rings is 1. The summed E-state index contributed by atoms with van der Waals surface area (Å²) in [6.07, 6.45) is 3.33. The van der Waals surface area contributed by atoms with Gasteiger partial charge in [-0.1, -0.05) is 6.07 Å². The van der Waals surface area contributed by atoms with Crippen molar-refractivity contribution in [2.45, 2.75) is 37.6 Å². The van der Waals surface area contributed by atoms with Crippen molar-refractivity contribution in [1.29, 1.82) is 0 Å². The molecule has 3 rings (SSSR count). The molecule has 0 atom stereocenters. The molecule has 0 amide bonds. The molecule has 0 unspecified atom stereocenters. The minimum Gasteiger partial charge on any atom is -0.495 e. The van der Waals surface area contributed by atoms with E-state index in [-0.39, 0.29) is 23.2 Å². The Kier molecular flexibility index (Phi) is 6.30. The first-order valence-electron chi connectivity index (χ1n) is 9.11. The van der Waals surface area contributed by atoms with E-state index in [4.69, 9.17) is 9.47 Å². The first-order chi connectivity index (χ1) is 13.4. The van der Waals surface area contributed by atoms with Gasteiger partial charge in [-0.15, -0.1) is 0 Å². The standard InChI is InChI=1S/C18H25N5O4S/c1-13-7-8-14(26-2)15(11-13)28(24,25)19-12-16-20-17(22-18(21-16)27-3)23-9-5-4-6-10-23/h7-8,11,19H,4-6,9-10,12H2,1-3H3. The van der Waals surface area contributed by atoms with Crippen molar-refractivity contribution in [3.63, 3.8) is 0 Å². The Labute approximate surface area is 165 Å². The van der Waals surface area contributed by atoms with Crippen LogP contribution in [0.4, 0.5) is 5.95 Å². The van der Waals surface area contributed by atoms with E-state index < -0.39 is 10.0 Å². The normalized spacial score (nSPS) is 14.8. The molecule has 1 N–H and O–H groups in total. The number of aryl methyl sites for hydroxylation is 1. The molecule has 1 aliphatic heterocycles. The van der Waals surface area contributed by atoms with Gasteiger partial charge in [-0.25, -0.2) is 13.1 Å². The van der Waals surface area contributed by atoms with Crippen LogP contribution in [0.3, 0.4) is 0 Å². The van der Waals surface area contributed by atoms with Gasteiger partial charge in [0.1, 0.15) is 10.6 Å². The van der Waals surface area contributed by atoms with Gasteiger partial charge in [0.2, 0.25) is 16.0 Å². The summed E-state index contributed by atoms with van der Waals surface area (Å²) in [7, 11) is -0.902. The summed E-state index contributed by atoms with van der Waals surface area (Å²) in [5, 5.41) is 0. The van der Waals surface area contributed by atoms with E-state index in [1.807, 2.05) is 6.92 Å². The molecule has 0 spiro atoms. The summed E-state index contributed by atoms with van der Waals surface area (Å²) in [5.74, 6) is 1.08. The number of aromatic nitrogens is 3. The van der Waals surface area contributed by atoms with E-state index in [9.17, 15) is 8.42 Å². The maximum absolute atomic E-state index is 12.8. The van der Waals surface area contributed by atoms with Gasteiger partial charge in [0.25, 0.3) is 0 Å². The smallest absolute Gasteiger partial charge is 0.321 e. The third-order valence-corrected chi connectivity index (χ3v) is 5.92. The summed E-state index contributed by atoms with van der Waals surface area (Å²) >= 11 is 0. The number of rotatable bonds is 7. The van der Waals surface area contributed by atoms with E-state index in [0.717, 1.165) is 31.5 Å². The van der Waals surface area contributed by atoms with Crippen molar-refractivity contribution >= 4 is 16.0 Å². The van der Waals surface area contributed by atoms with Crippen molar-refractivity contribution < 1.29 is 17.9 Å². The zero-order chi connectivity index (χ0) is 20.1. The van der Waals surface area contributed by atoms with Crippen LogP contribution in [0.25, 0.3) is 0 Å². The number of nitrogens with zero attached hydrogens (tertiary/aromatic N) is 4. The molecule has 2 aromatic rings. The molecular weight excluding hydrogens is 382 g/mol. The predicted molar refractivity (Wildman–Crippen MR) is 104 cm³/mol. The van der Waals surface area contributed by atoms with Crippen LogP contribution in [-0.2, 0) is 16.6 Å². The van der Waals surface area contributed by atoms with E-state index in [0.29, 0.717) is 11.8 Å². The Morgan fingerprint density at radius 1 is 1.07 bits per heavy atom. The molecule has 1 saturated heterocycles. The maximum atomic E-state index is 12.8. The maximum Gasteiger partial charge on any atom is 0.321 e. The number of piperidine rings is 1. The van der Waals surface area contributed by atoms with Crippen LogP contribution in [0.5, 0.6) is 11.8 Å². The number of sulfonamides is 1. The van der Waals surface area contributed by atoms with Crippen LogP contribution in [0.15, 0.2) is 23.1 Å². The summed E-state index contributed by atoms with van der Waals surface area (Å²) in [4.78, 5) is 15.0. The molecular formula is C18H25N5O4S. The lowest BCUT2D eigenvalue weighted by molar-refractivity contribution is 0.374. The topological polar surface area (TPSA) is 107 Å². The van der Waals surface area contributed by atoms with Crippen molar-refractivity contribution in [3.8, 4) is 11.8 Å². The molecule has 0 radical (unpaired) electrons. The Morgan fingerprint density at radius 3 is 2.50 bits per heavy atom. The highest BCUT2D eigenvalue weighted by atomic mass is 32.2. The Hall–Kier alpha value is -2.46. The van der Waals surface area contributed by atoms with Gasteiger partial charge in [0.05, 0.1) is 20.8 Å². The van der Waals surface area contributed by atoms with Crippen LogP contribution in [0.2, 0.25) is 0 Å². The average Bonchev–Trinajstić information content (AvgIpc) is 2.72. The second-order valence-electron chi connectivity index (χ2n) is 6.56. The van der Waals surface area contributed by atoms with Crippen molar-refractivity contribution in [2.24, 2.45) is 0 Å². The number of anilines is 1. The van der Waals surface area contributed by atoms with E-state index >= 15 is 0 Å². The molecule has 1 fully saturated rings. The van der Waals surface area contributed by atoms with E-state index in [2.05, 4.69) is 24.6 Å². The second kappa shape index (κ2) is 8.70. The van der Waals surface area contributed by atoms with Gasteiger partial charge < -0.3 is 14.4 Å². The van der Waals surface area contributed by atoms with Crippen LogP contribution < -0.4 is 19.1 Å². The largest absolute Gasteiger partial charge is 0.495 e. The van der Waals surface area contributed by atoms with Gasteiger partial charge in [0.15, 0.2) is 5.82 Å². The average molecular weight is 407 g/mol. The van der Waals surface area contributed by atoms with Gasteiger partial charge >= 0.3 is 6.01 Å². The Balaban J connectivity index is 1.82. The SMILES string of the molecule is COc1nc(CNS(=O)(=O)c2cc(C)ccc2OC)nc(N2CCCCC2)n1. The zero-order valence-corrected chi connectivity index (χ0v) is 17.1. The number of hydrogen-bond donors (Lipinski definition) is 1. The molecule has 152 valence electrons. The number of ether oxygens (including phenoxy) is 2. The molecule has 28 heavy (non-hydrogen) atoms. The minimum atomic E-state index is -3.81. The van der Waals surface area contributed by atoms with E-state index in [1.54, 1.807) is 18.2 Å². The monoisotopic (exact) mass is 407 g/mol. The number of methoxy groups -OCH3 is 2. The Bertz CT molecular complexity index is 930. The molecule has 0 bridgehead atoms. The molecule has 0 saturated carbocycles. The molecule has 1 aromatic carbocycles. The fraction of sp³-hybridized carbons (Fsp3) is 0.500. The number of nitrogens with one attached hydrogen (secondary N) is 1. The third-order valence-electron chi connectivity index (χ3n) is 4.50. The number of hydrogen-bond acceptors (Lipinski definition) is 8. The highest BCUT2D eigenvalue weighted by Crippen LogP contribution is 2.25. The summed E-state index contributed by atoms with van der Waals surface area (Å²) in [6, 6.07) is 5.15. The van der Waals surface area contributed by atoms with Crippen LogP contribution >= 0.6 is 0 Å². The predicted octanol–water partition coefficient (Wildman–Crippen LogP) is 1.67. The lowest BCUT2D eigenvalue weighted by Gasteiger charge is -2.26. The van der Waals surface area contributed by atoms with Crippen molar-refractivity contribution in [1.82, 2.24) is 19.7 Å². The lowest BCUT2D eigenvalue weighted by Crippen LogP contribution is -2.32. The van der Waals surface area contributed by atoms with Crippen molar-refractivity contribution in [2.75, 3.05) is 32.2 Å². The van der Waals surface area contributed by atoms with Crippen LogP contribution in [-0.4, -0.2) is 50.7 Å².